The SMILES string of the molecule is N#C/C(=C/c1cc(Br)ccc1OCc1ccccc1)C(=O)Nc1ccccc1I. The molecule has 3 rings (SSSR count). The van der Waals surface area contributed by atoms with Crippen LogP contribution >= 0.6 is 38.5 Å². The van der Waals surface area contributed by atoms with E-state index in [4.69, 9.17) is 4.74 Å². The van der Waals surface area contributed by atoms with Crippen LogP contribution in [0.1, 0.15) is 11.1 Å². The van der Waals surface area contributed by atoms with E-state index in [2.05, 4.69) is 43.8 Å². The van der Waals surface area contributed by atoms with Crippen LogP contribution in [0.5, 0.6) is 5.75 Å². The van der Waals surface area contributed by atoms with Gasteiger partial charge in [-0.25, -0.2) is 0 Å². The molecule has 0 aromatic heterocycles. The van der Waals surface area contributed by atoms with E-state index in [1.807, 2.05) is 72.8 Å². The molecule has 0 aliphatic carbocycles. The maximum Gasteiger partial charge on any atom is 0.266 e. The molecule has 0 heterocycles. The molecule has 0 fully saturated rings. The number of nitrogens with zero attached hydrogens (tertiary/aromatic N) is 1. The normalized spacial score (nSPS) is 10.9. The van der Waals surface area contributed by atoms with Gasteiger partial charge in [0.1, 0.15) is 24.0 Å². The fourth-order valence-electron chi connectivity index (χ4n) is 2.56. The highest BCUT2D eigenvalue weighted by molar-refractivity contribution is 14.1. The summed E-state index contributed by atoms with van der Waals surface area (Å²) in [7, 11) is 0. The fourth-order valence-corrected chi connectivity index (χ4v) is 3.46. The summed E-state index contributed by atoms with van der Waals surface area (Å²) >= 11 is 5.57. The average Bonchev–Trinajstić information content (AvgIpc) is 2.73. The van der Waals surface area contributed by atoms with E-state index in [9.17, 15) is 10.1 Å². The molecule has 6 heteroatoms. The Balaban J connectivity index is 1.84. The summed E-state index contributed by atoms with van der Waals surface area (Å²) in [6, 6.07) is 24.7. The van der Waals surface area contributed by atoms with Crippen LogP contribution < -0.4 is 10.1 Å². The Bertz CT molecular complexity index is 1090. The summed E-state index contributed by atoms with van der Waals surface area (Å²) in [5.74, 6) is 0.123. The van der Waals surface area contributed by atoms with Crippen LogP contribution in [0.15, 0.2) is 82.8 Å². The summed E-state index contributed by atoms with van der Waals surface area (Å²) in [6.45, 7) is 0.388. The maximum absolute atomic E-state index is 12.6. The minimum Gasteiger partial charge on any atom is -0.488 e. The summed E-state index contributed by atoms with van der Waals surface area (Å²) in [5.41, 5.74) is 2.33. The average molecular weight is 559 g/mol. The van der Waals surface area contributed by atoms with Gasteiger partial charge in [-0.2, -0.15) is 5.26 Å². The standard InChI is InChI=1S/C23H16BrIN2O2/c24-19-10-11-22(29-15-16-6-2-1-3-7-16)17(13-19)12-18(14-26)23(28)27-21-9-5-4-8-20(21)25/h1-13H,15H2,(H,27,28)/b18-12-. The number of ether oxygens (including phenoxy) is 1. The molecule has 1 N–H and O–H groups in total. The summed E-state index contributed by atoms with van der Waals surface area (Å²) < 4.78 is 7.65. The van der Waals surface area contributed by atoms with Gasteiger partial charge in [0.05, 0.1) is 5.69 Å². The van der Waals surface area contributed by atoms with Gasteiger partial charge in [0, 0.05) is 13.6 Å². The number of carbonyl (C=O) groups is 1. The first-order chi connectivity index (χ1) is 14.1. The third kappa shape index (κ3) is 5.92. The predicted octanol–water partition coefficient (Wildman–Crippen LogP) is 6.18. The number of nitriles is 1. The van der Waals surface area contributed by atoms with Gasteiger partial charge in [-0.05, 0) is 64.6 Å². The molecule has 0 saturated carbocycles. The van der Waals surface area contributed by atoms with Crippen LogP contribution in [0.2, 0.25) is 0 Å². The molecule has 144 valence electrons. The number of halogens is 2. The fraction of sp³-hybridized carbons (Fsp3) is 0.0435. The van der Waals surface area contributed by atoms with E-state index in [0.717, 1.165) is 13.6 Å². The molecular formula is C23H16BrIN2O2. The Labute approximate surface area is 191 Å². The minimum absolute atomic E-state index is 0.00712. The molecule has 4 nitrogen and oxygen atoms in total. The van der Waals surface area contributed by atoms with Crippen LogP contribution in [0.25, 0.3) is 6.08 Å². The molecular weight excluding hydrogens is 543 g/mol. The summed E-state index contributed by atoms with van der Waals surface area (Å²) in [4.78, 5) is 12.6. The number of benzene rings is 3. The topological polar surface area (TPSA) is 62.1 Å². The van der Waals surface area contributed by atoms with Crippen molar-refractivity contribution in [2.75, 3.05) is 5.32 Å². The number of nitrogens with one attached hydrogen (secondary N) is 1. The highest BCUT2D eigenvalue weighted by Crippen LogP contribution is 2.27. The van der Waals surface area contributed by atoms with Gasteiger partial charge in [0.2, 0.25) is 0 Å². The Morgan fingerprint density at radius 1 is 1.10 bits per heavy atom. The number of hydrogen-bond acceptors (Lipinski definition) is 3. The second-order valence-corrected chi connectivity index (χ2v) is 8.14. The Kier molecular flexibility index (Phi) is 7.44. The monoisotopic (exact) mass is 558 g/mol. The number of para-hydroxylation sites is 1. The van der Waals surface area contributed by atoms with Gasteiger partial charge in [0.15, 0.2) is 0 Å². The number of hydrogen-bond donors (Lipinski definition) is 1. The summed E-state index contributed by atoms with van der Waals surface area (Å²) in [5, 5.41) is 12.3. The van der Waals surface area contributed by atoms with E-state index >= 15 is 0 Å². The molecule has 3 aromatic rings. The van der Waals surface area contributed by atoms with Crippen LogP contribution in [-0.4, -0.2) is 5.91 Å². The van der Waals surface area contributed by atoms with E-state index in [1.165, 1.54) is 6.08 Å². The van der Waals surface area contributed by atoms with Gasteiger partial charge < -0.3 is 10.1 Å². The number of carbonyl (C=O) groups excluding carboxylic acids is 1. The van der Waals surface area contributed by atoms with Gasteiger partial charge >= 0.3 is 0 Å². The molecule has 3 aromatic carbocycles. The van der Waals surface area contributed by atoms with Gasteiger partial charge in [-0.1, -0.05) is 58.4 Å². The van der Waals surface area contributed by atoms with Crippen LogP contribution in [0.4, 0.5) is 5.69 Å². The van der Waals surface area contributed by atoms with E-state index < -0.39 is 5.91 Å². The molecule has 0 unspecified atom stereocenters. The molecule has 0 aliphatic rings. The third-order valence-corrected chi connectivity index (χ3v) is 5.43. The lowest BCUT2D eigenvalue weighted by Crippen LogP contribution is -2.14. The minimum atomic E-state index is -0.467. The number of rotatable bonds is 6. The zero-order chi connectivity index (χ0) is 20.6. The van der Waals surface area contributed by atoms with Crippen molar-refractivity contribution in [1.82, 2.24) is 0 Å². The highest BCUT2D eigenvalue weighted by atomic mass is 127. The number of anilines is 1. The quantitative estimate of drug-likeness (QED) is 0.223. The predicted molar refractivity (Wildman–Crippen MR) is 126 cm³/mol. The van der Waals surface area contributed by atoms with Crippen LogP contribution in [0, 0.1) is 14.9 Å². The first kappa shape index (κ1) is 21.1. The molecule has 1 amide bonds. The van der Waals surface area contributed by atoms with Crippen molar-refractivity contribution in [2.45, 2.75) is 6.61 Å². The molecule has 29 heavy (non-hydrogen) atoms. The Morgan fingerprint density at radius 2 is 1.83 bits per heavy atom. The molecule has 0 saturated heterocycles. The van der Waals surface area contributed by atoms with Crippen molar-refractivity contribution in [3.8, 4) is 11.8 Å². The highest BCUT2D eigenvalue weighted by Gasteiger charge is 2.13. The molecule has 0 bridgehead atoms. The lowest BCUT2D eigenvalue weighted by molar-refractivity contribution is -0.112. The van der Waals surface area contributed by atoms with E-state index in [-0.39, 0.29) is 5.57 Å². The Morgan fingerprint density at radius 3 is 2.55 bits per heavy atom. The van der Waals surface area contributed by atoms with Crippen molar-refractivity contribution in [3.63, 3.8) is 0 Å². The van der Waals surface area contributed by atoms with Gasteiger partial charge in [-0.3, -0.25) is 4.79 Å². The van der Waals surface area contributed by atoms with Crippen molar-refractivity contribution >= 4 is 56.2 Å². The first-order valence-electron chi connectivity index (χ1n) is 8.71. The smallest absolute Gasteiger partial charge is 0.266 e. The van der Waals surface area contributed by atoms with E-state index in [0.29, 0.717) is 23.6 Å². The largest absolute Gasteiger partial charge is 0.488 e. The Hall–Kier alpha value is -2.63. The molecule has 0 spiro atoms. The molecule has 0 aliphatic heterocycles. The van der Waals surface area contributed by atoms with Crippen molar-refractivity contribution in [2.24, 2.45) is 0 Å². The second-order valence-electron chi connectivity index (χ2n) is 6.06. The number of amides is 1. The van der Waals surface area contributed by atoms with Crippen molar-refractivity contribution in [1.29, 1.82) is 5.26 Å². The van der Waals surface area contributed by atoms with Crippen LogP contribution in [-0.2, 0) is 11.4 Å². The third-order valence-electron chi connectivity index (χ3n) is 4.00. The molecule has 0 radical (unpaired) electrons. The lowest BCUT2D eigenvalue weighted by Gasteiger charge is -2.11. The maximum atomic E-state index is 12.6. The lowest BCUT2D eigenvalue weighted by atomic mass is 10.1. The zero-order valence-electron chi connectivity index (χ0n) is 15.2. The van der Waals surface area contributed by atoms with E-state index in [1.54, 1.807) is 6.07 Å². The van der Waals surface area contributed by atoms with Gasteiger partial charge in [-0.15, -0.1) is 0 Å². The van der Waals surface area contributed by atoms with Crippen LogP contribution in [0.3, 0.4) is 0 Å². The van der Waals surface area contributed by atoms with Gasteiger partial charge in [0.25, 0.3) is 5.91 Å². The van der Waals surface area contributed by atoms with Crippen molar-refractivity contribution in [3.05, 3.63) is 97.5 Å². The summed E-state index contributed by atoms with van der Waals surface area (Å²) in [6.07, 6.45) is 1.54. The second kappa shape index (κ2) is 10.2. The molecule has 0 atom stereocenters. The first-order valence-corrected chi connectivity index (χ1v) is 10.6. The van der Waals surface area contributed by atoms with Crippen molar-refractivity contribution < 1.29 is 9.53 Å². The zero-order valence-corrected chi connectivity index (χ0v) is 19.0.